The van der Waals surface area contributed by atoms with E-state index in [4.69, 9.17) is 9.47 Å². The van der Waals surface area contributed by atoms with E-state index in [2.05, 4.69) is 169 Å². The van der Waals surface area contributed by atoms with Crippen LogP contribution in [0.4, 0.5) is 0 Å². The SMILES string of the molecule is Cc1ccc(Oc2cc(C(C)(C)c3cc(C)c(C)cc3Sc3ccc(C)c(C)c3)c(Oc3ccc(C)c(C)c3)cc2C(C)(C)C)cc1C. The lowest BCUT2D eigenvalue weighted by atomic mass is 9.75. The van der Waals surface area contributed by atoms with Crippen LogP contribution in [0.5, 0.6) is 23.0 Å². The van der Waals surface area contributed by atoms with Crippen molar-refractivity contribution < 1.29 is 9.47 Å². The van der Waals surface area contributed by atoms with Crippen LogP contribution < -0.4 is 9.47 Å². The number of benzene rings is 5. The molecule has 0 atom stereocenters. The fourth-order valence-corrected chi connectivity index (χ4v) is 7.31. The van der Waals surface area contributed by atoms with Gasteiger partial charge in [0.2, 0.25) is 0 Å². The van der Waals surface area contributed by atoms with Gasteiger partial charge in [0.05, 0.1) is 0 Å². The largest absolute Gasteiger partial charge is 0.457 e. The van der Waals surface area contributed by atoms with Crippen molar-refractivity contribution in [2.75, 3.05) is 0 Å². The molecule has 0 spiro atoms. The summed E-state index contributed by atoms with van der Waals surface area (Å²) < 4.78 is 13.7. The standard InChI is InChI=1S/C45H52O2S/c1-27-14-17-35(20-30(27)4)46-41-26-39(42(25-38(41)44(9,10)11)47-36-18-15-28(2)31(5)21-36)45(12,13)40-23-33(7)34(8)24-43(40)48-37-19-16-29(3)32(6)22-37/h14-26H,1-13H3. The summed E-state index contributed by atoms with van der Waals surface area (Å²) in [5.74, 6) is 3.38. The van der Waals surface area contributed by atoms with Crippen molar-refractivity contribution in [2.24, 2.45) is 0 Å². The van der Waals surface area contributed by atoms with Crippen molar-refractivity contribution >= 4 is 11.8 Å². The van der Waals surface area contributed by atoms with Gasteiger partial charge in [0.1, 0.15) is 23.0 Å². The topological polar surface area (TPSA) is 18.5 Å². The maximum atomic E-state index is 6.91. The lowest BCUT2D eigenvalue weighted by molar-refractivity contribution is 0.432. The Bertz CT molecular complexity index is 1990. The monoisotopic (exact) mass is 656 g/mol. The average Bonchev–Trinajstić information content (AvgIpc) is 3.00. The lowest BCUT2D eigenvalue weighted by Gasteiger charge is -2.33. The maximum Gasteiger partial charge on any atom is 0.132 e. The first kappa shape index (κ1) is 35.4. The first-order valence-corrected chi connectivity index (χ1v) is 17.8. The van der Waals surface area contributed by atoms with Crippen LogP contribution in [0.2, 0.25) is 0 Å². The van der Waals surface area contributed by atoms with Gasteiger partial charge in [-0.25, -0.2) is 0 Å². The Kier molecular flexibility index (Phi) is 9.96. The fraction of sp³-hybridized carbons (Fsp3) is 0.333. The molecule has 0 radical (unpaired) electrons. The molecule has 0 unspecified atom stereocenters. The summed E-state index contributed by atoms with van der Waals surface area (Å²) in [5.41, 5.74) is 12.9. The van der Waals surface area contributed by atoms with Gasteiger partial charge in [0.25, 0.3) is 0 Å². The van der Waals surface area contributed by atoms with Gasteiger partial charge in [-0.05, 0) is 165 Å². The minimum Gasteiger partial charge on any atom is -0.457 e. The highest BCUT2D eigenvalue weighted by molar-refractivity contribution is 7.99. The molecule has 0 aliphatic rings. The molecule has 0 fully saturated rings. The number of rotatable bonds is 8. The molecule has 0 aliphatic carbocycles. The van der Waals surface area contributed by atoms with Gasteiger partial charge in [-0.2, -0.15) is 0 Å². The van der Waals surface area contributed by atoms with E-state index in [0.29, 0.717) is 0 Å². The average molecular weight is 657 g/mol. The molecular formula is C45H52O2S. The fourth-order valence-electron chi connectivity index (χ4n) is 6.02. The van der Waals surface area contributed by atoms with E-state index >= 15 is 0 Å². The summed E-state index contributed by atoms with van der Waals surface area (Å²) in [6, 6.07) is 28.6. The Morgan fingerprint density at radius 3 is 1.35 bits per heavy atom. The number of ether oxygens (including phenoxy) is 2. The number of hydrogen-bond donors (Lipinski definition) is 0. The van der Waals surface area contributed by atoms with Gasteiger partial charge < -0.3 is 9.47 Å². The molecule has 0 aromatic heterocycles. The smallest absolute Gasteiger partial charge is 0.132 e. The Labute approximate surface area is 293 Å². The molecule has 250 valence electrons. The zero-order chi connectivity index (χ0) is 35.1. The summed E-state index contributed by atoms with van der Waals surface area (Å²) in [6.07, 6.45) is 0. The molecule has 0 amide bonds. The van der Waals surface area contributed by atoms with E-state index in [1.54, 1.807) is 0 Å². The zero-order valence-electron chi connectivity index (χ0n) is 31.2. The third-order valence-electron chi connectivity index (χ3n) is 9.95. The highest BCUT2D eigenvalue weighted by Gasteiger charge is 2.33. The molecule has 0 N–H and O–H groups in total. The molecule has 0 aliphatic heterocycles. The van der Waals surface area contributed by atoms with Crippen LogP contribution in [0.25, 0.3) is 0 Å². The molecule has 0 saturated heterocycles. The van der Waals surface area contributed by atoms with Crippen LogP contribution >= 0.6 is 11.8 Å². The van der Waals surface area contributed by atoms with Gasteiger partial charge in [-0.15, -0.1) is 0 Å². The molecular weight excluding hydrogens is 605 g/mol. The van der Waals surface area contributed by atoms with Crippen LogP contribution in [0, 0.1) is 55.4 Å². The lowest BCUT2D eigenvalue weighted by Crippen LogP contribution is -2.23. The van der Waals surface area contributed by atoms with E-state index < -0.39 is 5.41 Å². The number of hydrogen-bond acceptors (Lipinski definition) is 3. The van der Waals surface area contributed by atoms with Crippen molar-refractivity contribution in [3.8, 4) is 23.0 Å². The summed E-state index contributed by atoms with van der Waals surface area (Å²) in [6.45, 7) is 28.7. The Morgan fingerprint density at radius 1 is 0.417 bits per heavy atom. The summed E-state index contributed by atoms with van der Waals surface area (Å²) in [5, 5.41) is 0. The normalized spacial score (nSPS) is 11.9. The predicted octanol–water partition coefficient (Wildman–Crippen LogP) is 13.5. The molecule has 5 rings (SSSR count). The van der Waals surface area contributed by atoms with Gasteiger partial charge in [0, 0.05) is 26.3 Å². The Balaban J connectivity index is 1.75. The van der Waals surface area contributed by atoms with Crippen LogP contribution in [-0.4, -0.2) is 0 Å². The van der Waals surface area contributed by atoms with E-state index in [1.807, 2.05) is 11.8 Å². The second-order valence-electron chi connectivity index (χ2n) is 15.2. The van der Waals surface area contributed by atoms with Gasteiger partial charge in [0.15, 0.2) is 0 Å². The first-order chi connectivity index (χ1) is 22.4. The van der Waals surface area contributed by atoms with Crippen molar-refractivity contribution in [1.29, 1.82) is 0 Å². The van der Waals surface area contributed by atoms with Gasteiger partial charge in [-0.1, -0.05) is 70.6 Å². The third-order valence-corrected chi connectivity index (χ3v) is 11.0. The number of aryl methyl sites for hydroxylation is 8. The van der Waals surface area contributed by atoms with E-state index in [-0.39, 0.29) is 5.41 Å². The highest BCUT2D eigenvalue weighted by Crippen LogP contribution is 2.49. The van der Waals surface area contributed by atoms with Crippen LogP contribution in [0.3, 0.4) is 0 Å². The molecule has 48 heavy (non-hydrogen) atoms. The third kappa shape index (κ3) is 7.52. The predicted molar refractivity (Wildman–Crippen MR) is 205 cm³/mol. The molecule has 0 bridgehead atoms. The minimum absolute atomic E-state index is 0.191. The summed E-state index contributed by atoms with van der Waals surface area (Å²) in [4.78, 5) is 2.49. The highest BCUT2D eigenvalue weighted by atomic mass is 32.2. The van der Waals surface area contributed by atoms with Crippen LogP contribution in [0.1, 0.15) is 95.8 Å². The van der Waals surface area contributed by atoms with E-state index in [9.17, 15) is 0 Å². The summed E-state index contributed by atoms with van der Waals surface area (Å²) in [7, 11) is 0. The molecule has 2 nitrogen and oxygen atoms in total. The molecule has 5 aromatic carbocycles. The molecule has 0 saturated carbocycles. The second-order valence-corrected chi connectivity index (χ2v) is 16.3. The van der Waals surface area contributed by atoms with Crippen molar-refractivity contribution in [2.45, 2.75) is 111 Å². The zero-order valence-corrected chi connectivity index (χ0v) is 32.0. The molecule has 5 aromatic rings. The van der Waals surface area contributed by atoms with Gasteiger partial charge in [-0.3, -0.25) is 0 Å². The van der Waals surface area contributed by atoms with Crippen molar-refractivity contribution in [3.05, 3.63) is 140 Å². The maximum absolute atomic E-state index is 6.91. The van der Waals surface area contributed by atoms with Crippen molar-refractivity contribution in [1.82, 2.24) is 0 Å². The quantitative estimate of drug-likeness (QED) is 0.166. The van der Waals surface area contributed by atoms with E-state index in [1.165, 1.54) is 59.9 Å². The Morgan fingerprint density at radius 2 is 0.854 bits per heavy atom. The van der Waals surface area contributed by atoms with Crippen molar-refractivity contribution in [3.63, 3.8) is 0 Å². The molecule has 3 heteroatoms. The summed E-state index contributed by atoms with van der Waals surface area (Å²) >= 11 is 1.84. The van der Waals surface area contributed by atoms with E-state index in [0.717, 1.165) is 34.1 Å². The van der Waals surface area contributed by atoms with Crippen LogP contribution in [0.15, 0.2) is 88.7 Å². The van der Waals surface area contributed by atoms with Gasteiger partial charge >= 0.3 is 0 Å². The Hall–Kier alpha value is -3.95. The molecule has 0 heterocycles. The minimum atomic E-state index is -0.437. The second kappa shape index (κ2) is 13.5. The van der Waals surface area contributed by atoms with Crippen LogP contribution in [-0.2, 0) is 10.8 Å². The first-order valence-electron chi connectivity index (χ1n) is 17.0.